The van der Waals surface area contributed by atoms with Crippen LogP contribution < -0.4 is 0 Å². The lowest BCUT2D eigenvalue weighted by atomic mass is 10.0. The summed E-state index contributed by atoms with van der Waals surface area (Å²) in [5.74, 6) is 1.76. The molecule has 0 aliphatic rings. The highest BCUT2D eigenvalue weighted by atomic mass is 15.2. The minimum Gasteiger partial charge on any atom is -0.309 e. The lowest BCUT2D eigenvalue weighted by molar-refractivity contribution is 0.953. The molecule has 13 rings (SSSR count). The summed E-state index contributed by atoms with van der Waals surface area (Å²) in [6.45, 7) is 0. The van der Waals surface area contributed by atoms with E-state index in [1.807, 2.05) is 18.2 Å². The average molecular weight is 805 g/mol. The number of hydrogen-bond acceptors (Lipinski definition) is 3. The van der Waals surface area contributed by atoms with Crippen LogP contribution in [0, 0.1) is 0 Å². The Labute approximate surface area is 362 Å². The van der Waals surface area contributed by atoms with E-state index in [1.54, 1.807) is 0 Å². The third kappa shape index (κ3) is 5.48. The van der Waals surface area contributed by atoms with Gasteiger partial charge in [-0.3, -0.25) is 4.57 Å². The molecule has 6 nitrogen and oxygen atoms in total. The standard InChI is InChI=1S/C57H36N6/c1-3-17-37(18-4-1)39-21-15-24-42(35-39)62-50-31-13-9-27-45(50)46-33-34-52-53(54(46)62)47-28-10-14-32-51(47)63(52)57-59-55(38-19-5-2-6-20-38)58-56(60-57)40-22-16-23-41(36-40)61-48-29-11-7-25-43(48)44-26-8-12-30-49(44)61/h1-36H. The number of fused-ring (bicyclic) bond motifs is 10. The summed E-state index contributed by atoms with van der Waals surface area (Å²) in [7, 11) is 0. The number of nitrogens with zero attached hydrogens (tertiary/aromatic N) is 6. The number of aromatic nitrogens is 6. The topological polar surface area (TPSA) is 53.5 Å². The van der Waals surface area contributed by atoms with Crippen LogP contribution in [0.5, 0.6) is 0 Å². The van der Waals surface area contributed by atoms with Crippen molar-refractivity contribution >= 4 is 65.4 Å². The molecule has 0 aliphatic carbocycles. The van der Waals surface area contributed by atoms with Gasteiger partial charge in [-0.15, -0.1) is 0 Å². The third-order valence-corrected chi connectivity index (χ3v) is 12.5. The summed E-state index contributed by atoms with van der Waals surface area (Å²) < 4.78 is 6.99. The molecule has 294 valence electrons. The van der Waals surface area contributed by atoms with Crippen LogP contribution in [-0.4, -0.2) is 28.7 Å². The van der Waals surface area contributed by atoms with E-state index in [2.05, 4.69) is 214 Å². The molecule has 0 saturated carbocycles. The van der Waals surface area contributed by atoms with Gasteiger partial charge in [-0.25, -0.2) is 4.98 Å². The van der Waals surface area contributed by atoms with E-state index in [-0.39, 0.29) is 0 Å². The predicted molar refractivity (Wildman–Crippen MR) is 259 cm³/mol. The molecule has 0 spiro atoms. The second kappa shape index (κ2) is 14.0. The molecular formula is C57H36N6. The molecule has 6 heteroatoms. The van der Waals surface area contributed by atoms with Gasteiger partial charge in [0.25, 0.3) is 0 Å². The van der Waals surface area contributed by atoms with Gasteiger partial charge in [-0.1, -0.05) is 164 Å². The Morgan fingerprint density at radius 2 is 0.730 bits per heavy atom. The summed E-state index contributed by atoms with van der Waals surface area (Å²) in [6.07, 6.45) is 0. The zero-order valence-electron chi connectivity index (χ0n) is 34.0. The lowest BCUT2D eigenvalue weighted by Gasteiger charge is -2.13. The van der Waals surface area contributed by atoms with Gasteiger partial charge in [-0.2, -0.15) is 9.97 Å². The van der Waals surface area contributed by atoms with Crippen LogP contribution in [0.15, 0.2) is 218 Å². The van der Waals surface area contributed by atoms with E-state index in [0.29, 0.717) is 17.6 Å². The van der Waals surface area contributed by atoms with Crippen molar-refractivity contribution in [2.45, 2.75) is 0 Å². The van der Waals surface area contributed by atoms with Crippen molar-refractivity contribution in [3.05, 3.63) is 218 Å². The highest BCUT2D eigenvalue weighted by Gasteiger charge is 2.23. The van der Waals surface area contributed by atoms with Crippen LogP contribution in [0.25, 0.3) is 117 Å². The van der Waals surface area contributed by atoms with Crippen molar-refractivity contribution in [2.75, 3.05) is 0 Å². The molecule has 4 aromatic heterocycles. The molecule has 0 saturated heterocycles. The average Bonchev–Trinajstić information content (AvgIpc) is 4.00. The first-order valence-corrected chi connectivity index (χ1v) is 21.3. The Morgan fingerprint density at radius 1 is 0.270 bits per heavy atom. The minimum atomic E-state index is 0.556. The van der Waals surface area contributed by atoms with Crippen molar-refractivity contribution in [1.29, 1.82) is 0 Å². The van der Waals surface area contributed by atoms with E-state index < -0.39 is 0 Å². The van der Waals surface area contributed by atoms with E-state index in [0.717, 1.165) is 66.4 Å². The van der Waals surface area contributed by atoms with Gasteiger partial charge in [0.1, 0.15) is 0 Å². The van der Waals surface area contributed by atoms with Gasteiger partial charge < -0.3 is 9.13 Å². The zero-order chi connectivity index (χ0) is 41.4. The molecule has 0 unspecified atom stereocenters. The molecule has 0 atom stereocenters. The van der Waals surface area contributed by atoms with Gasteiger partial charge in [-0.05, 0) is 65.7 Å². The zero-order valence-corrected chi connectivity index (χ0v) is 34.0. The van der Waals surface area contributed by atoms with Gasteiger partial charge in [0.05, 0.1) is 33.1 Å². The highest BCUT2D eigenvalue weighted by Crippen LogP contribution is 2.42. The van der Waals surface area contributed by atoms with Crippen LogP contribution in [0.3, 0.4) is 0 Å². The van der Waals surface area contributed by atoms with Crippen LogP contribution in [0.1, 0.15) is 0 Å². The summed E-state index contributed by atoms with van der Waals surface area (Å²) in [5.41, 5.74) is 12.9. The van der Waals surface area contributed by atoms with E-state index in [4.69, 9.17) is 15.0 Å². The van der Waals surface area contributed by atoms with Crippen molar-refractivity contribution in [1.82, 2.24) is 28.7 Å². The number of rotatable bonds is 6. The van der Waals surface area contributed by atoms with Gasteiger partial charge in [0, 0.05) is 54.8 Å². The monoisotopic (exact) mass is 804 g/mol. The summed E-state index contributed by atoms with van der Waals surface area (Å²) in [4.78, 5) is 15.9. The molecule has 0 bridgehead atoms. The fourth-order valence-electron chi connectivity index (χ4n) is 9.74. The maximum atomic E-state index is 5.39. The Hall–Kier alpha value is -8.61. The van der Waals surface area contributed by atoms with Gasteiger partial charge in [0.15, 0.2) is 11.6 Å². The quantitative estimate of drug-likeness (QED) is 0.168. The Bertz CT molecular complexity index is 3860. The molecule has 63 heavy (non-hydrogen) atoms. The van der Waals surface area contributed by atoms with Crippen molar-refractivity contribution in [3.63, 3.8) is 0 Å². The van der Waals surface area contributed by atoms with Gasteiger partial charge >= 0.3 is 0 Å². The molecule has 0 radical (unpaired) electrons. The Kier molecular flexibility index (Phi) is 7.80. The van der Waals surface area contributed by atoms with Crippen LogP contribution in [0.4, 0.5) is 0 Å². The number of para-hydroxylation sites is 4. The maximum absolute atomic E-state index is 5.39. The van der Waals surface area contributed by atoms with Gasteiger partial charge in [0.2, 0.25) is 5.95 Å². The first-order chi connectivity index (χ1) is 31.3. The second-order valence-electron chi connectivity index (χ2n) is 16.0. The molecule has 0 amide bonds. The normalized spacial score (nSPS) is 11.8. The van der Waals surface area contributed by atoms with Crippen LogP contribution in [0.2, 0.25) is 0 Å². The molecule has 0 aliphatic heterocycles. The smallest absolute Gasteiger partial charge is 0.238 e. The summed E-state index contributed by atoms with van der Waals surface area (Å²) >= 11 is 0. The summed E-state index contributed by atoms with van der Waals surface area (Å²) in [5, 5.41) is 7.09. The van der Waals surface area contributed by atoms with Crippen LogP contribution in [-0.2, 0) is 0 Å². The third-order valence-electron chi connectivity index (χ3n) is 12.5. The number of hydrogen-bond donors (Lipinski definition) is 0. The fourth-order valence-corrected chi connectivity index (χ4v) is 9.74. The first kappa shape index (κ1) is 35.2. The van der Waals surface area contributed by atoms with E-state index in [9.17, 15) is 0 Å². The van der Waals surface area contributed by atoms with Crippen molar-refractivity contribution in [3.8, 4) is 51.2 Å². The molecule has 0 fully saturated rings. The van der Waals surface area contributed by atoms with Crippen LogP contribution >= 0.6 is 0 Å². The fraction of sp³-hybridized carbons (Fsp3) is 0. The molecule has 0 N–H and O–H groups in total. The second-order valence-corrected chi connectivity index (χ2v) is 16.0. The lowest BCUT2D eigenvalue weighted by Crippen LogP contribution is -2.06. The molecule has 13 aromatic rings. The SMILES string of the molecule is c1ccc(-c2cccc(-n3c4ccccc4c4ccc5c(c6ccccc6n5-c5nc(-c6ccccc6)nc(-c6cccc(-n7c8ccccc8c8ccccc87)c6)n5)c43)c2)cc1. The number of benzene rings is 9. The Morgan fingerprint density at radius 3 is 1.38 bits per heavy atom. The van der Waals surface area contributed by atoms with E-state index >= 15 is 0 Å². The predicted octanol–water partition coefficient (Wildman–Crippen LogP) is 14.2. The molecule has 9 aromatic carbocycles. The van der Waals surface area contributed by atoms with E-state index in [1.165, 1.54) is 32.7 Å². The minimum absolute atomic E-state index is 0.556. The van der Waals surface area contributed by atoms with Crippen molar-refractivity contribution < 1.29 is 0 Å². The van der Waals surface area contributed by atoms with Crippen molar-refractivity contribution in [2.24, 2.45) is 0 Å². The largest absolute Gasteiger partial charge is 0.309 e. The highest BCUT2D eigenvalue weighted by molar-refractivity contribution is 6.26. The maximum Gasteiger partial charge on any atom is 0.238 e. The Balaban J connectivity index is 1.07. The summed E-state index contributed by atoms with van der Waals surface area (Å²) in [6, 6.07) is 77.3. The first-order valence-electron chi connectivity index (χ1n) is 21.3. The molecule has 4 heterocycles. The molecular weight excluding hydrogens is 769 g/mol.